The van der Waals surface area contributed by atoms with E-state index in [2.05, 4.69) is 10.0 Å². The first-order chi connectivity index (χ1) is 12.5. The molecule has 26 heavy (non-hydrogen) atoms. The van der Waals surface area contributed by atoms with Crippen LogP contribution >= 0.6 is 0 Å². The summed E-state index contributed by atoms with van der Waals surface area (Å²) < 4.78 is 5.33. The van der Waals surface area contributed by atoms with Gasteiger partial charge in [-0.15, -0.1) is 0 Å². The molecular weight excluding hydrogens is 334 g/mol. The van der Waals surface area contributed by atoms with Gasteiger partial charge in [-0.2, -0.15) is 0 Å². The fourth-order valence-corrected chi connectivity index (χ4v) is 3.03. The number of rotatable bonds is 5. The summed E-state index contributed by atoms with van der Waals surface area (Å²) in [5.41, 5.74) is 8.93. The van der Waals surface area contributed by atoms with Crippen molar-refractivity contribution in [1.29, 1.82) is 0 Å². The van der Waals surface area contributed by atoms with Gasteiger partial charge in [-0.3, -0.25) is 4.79 Å². The molecule has 3 rings (SSSR count). The van der Waals surface area contributed by atoms with Crippen molar-refractivity contribution in [2.24, 2.45) is 5.11 Å². The zero-order valence-corrected chi connectivity index (χ0v) is 13.9. The number of hydrogen-bond acceptors (Lipinski definition) is 5. The van der Waals surface area contributed by atoms with Gasteiger partial charge in [0.15, 0.2) is 0 Å². The second kappa shape index (κ2) is 7.13. The number of azide groups is 1. The molecule has 3 aromatic rings. The summed E-state index contributed by atoms with van der Waals surface area (Å²) in [6, 6.07) is 13.5. The molecule has 0 aliphatic carbocycles. The first-order valence-corrected chi connectivity index (χ1v) is 7.91. The fraction of sp³-hybridized carbons (Fsp3) is 0.158. The SMILES string of the molecule is CC(=O)CC(c1ccccc1)c1c(O)c2c(N=[N+]=[N-])cccc2oc1=O. The molecule has 0 spiro atoms. The van der Waals surface area contributed by atoms with Crippen LogP contribution in [0.4, 0.5) is 5.69 Å². The third-order valence-electron chi connectivity index (χ3n) is 4.11. The Balaban J connectivity index is 2.34. The maximum Gasteiger partial charge on any atom is 0.343 e. The van der Waals surface area contributed by atoms with E-state index in [1.54, 1.807) is 30.3 Å². The number of carbonyl (C=O) groups is 1. The lowest BCUT2D eigenvalue weighted by Gasteiger charge is -2.17. The minimum absolute atomic E-state index is 0.0253. The van der Waals surface area contributed by atoms with E-state index >= 15 is 0 Å². The van der Waals surface area contributed by atoms with Gasteiger partial charge >= 0.3 is 5.63 Å². The maximum absolute atomic E-state index is 12.6. The Morgan fingerprint density at radius 2 is 1.96 bits per heavy atom. The number of nitrogens with zero attached hydrogens (tertiary/aromatic N) is 3. The predicted octanol–water partition coefficient (Wildman–Crippen LogP) is 4.55. The molecule has 0 aliphatic rings. The number of carbonyl (C=O) groups excluding carboxylic acids is 1. The van der Waals surface area contributed by atoms with E-state index in [0.29, 0.717) is 5.56 Å². The molecule has 1 atom stereocenters. The average molecular weight is 349 g/mol. The zero-order chi connectivity index (χ0) is 18.7. The largest absolute Gasteiger partial charge is 0.507 e. The Morgan fingerprint density at radius 3 is 2.62 bits per heavy atom. The third kappa shape index (κ3) is 3.16. The molecule has 2 aromatic carbocycles. The van der Waals surface area contributed by atoms with Crippen LogP contribution in [0, 0.1) is 0 Å². The van der Waals surface area contributed by atoms with E-state index < -0.39 is 11.5 Å². The molecule has 0 fully saturated rings. The van der Waals surface area contributed by atoms with Crippen molar-refractivity contribution in [2.75, 3.05) is 0 Å². The number of benzene rings is 2. The Kier molecular flexibility index (Phi) is 4.73. The van der Waals surface area contributed by atoms with Gasteiger partial charge in [0.25, 0.3) is 0 Å². The highest BCUT2D eigenvalue weighted by Gasteiger charge is 2.26. The zero-order valence-electron chi connectivity index (χ0n) is 13.9. The van der Waals surface area contributed by atoms with Crippen molar-refractivity contribution in [3.05, 3.63) is 80.5 Å². The van der Waals surface area contributed by atoms with E-state index in [1.807, 2.05) is 6.07 Å². The summed E-state index contributed by atoms with van der Waals surface area (Å²) in [5.74, 6) is -1.15. The minimum Gasteiger partial charge on any atom is -0.507 e. The minimum atomic E-state index is -0.733. The van der Waals surface area contributed by atoms with E-state index in [1.165, 1.54) is 19.1 Å². The molecule has 7 nitrogen and oxygen atoms in total. The van der Waals surface area contributed by atoms with Gasteiger partial charge < -0.3 is 9.52 Å². The Morgan fingerprint density at radius 1 is 1.23 bits per heavy atom. The van der Waals surface area contributed by atoms with Crippen LogP contribution in [0.5, 0.6) is 5.75 Å². The standard InChI is InChI=1S/C19H15N3O4/c1-11(23)10-13(12-6-3-2-4-7-12)16-18(24)17-14(21-22-20)8-5-9-15(17)26-19(16)25/h2-9,13,24H,10H2,1H3. The molecule has 1 unspecified atom stereocenters. The van der Waals surface area contributed by atoms with Crippen LogP contribution in [0.25, 0.3) is 21.4 Å². The number of fused-ring (bicyclic) bond motifs is 1. The Labute approximate surface area is 148 Å². The van der Waals surface area contributed by atoms with Crippen LogP contribution in [-0.2, 0) is 4.79 Å². The molecule has 0 saturated heterocycles. The quantitative estimate of drug-likeness (QED) is 0.315. The number of Topliss-reactive ketones (excluding diaryl/α,β-unsaturated/α-hetero) is 1. The lowest BCUT2D eigenvalue weighted by atomic mass is 9.87. The Bertz CT molecular complexity index is 1080. The van der Waals surface area contributed by atoms with E-state index in [9.17, 15) is 14.7 Å². The first-order valence-electron chi connectivity index (χ1n) is 7.91. The van der Waals surface area contributed by atoms with Gasteiger partial charge in [-0.25, -0.2) is 4.79 Å². The van der Waals surface area contributed by atoms with Gasteiger partial charge in [0.2, 0.25) is 0 Å². The smallest absolute Gasteiger partial charge is 0.343 e. The summed E-state index contributed by atoms with van der Waals surface area (Å²) in [7, 11) is 0. The summed E-state index contributed by atoms with van der Waals surface area (Å²) in [6.07, 6.45) is 0.0253. The van der Waals surface area contributed by atoms with E-state index in [4.69, 9.17) is 9.95 Å². The molecule has 1 aromatic heterocycles. The van der Waals surface area contributed by atoms with Crippen LogP contribution in [0.3, 0.4) is 0 Å². The fourth-order valence-electron chi connectivity index (χ4n) is 3.03. The highest BCUT2D eigenvalue weighted by atomic mass is 16.4. The Hall–Kier alpha value is -3.57. The lowest BCUT2D eigenvalue weighted by Crippen LogP contribution is -2.16. The highest BCUT2D eigenvalue weighted by Crippen LogP contribution is 2.40. The molecule has 0 amide bonds. The second-order valence-electron chi connectivity index (χ2n) is 5.86. The highest BCUT2D eigenvalue weighted by molar-refractivity contribution is 5.94. The van der Waals surface area contributed by atoms with Crippen molar-refractivity contribution in [1.82, 2.24) is 0 Å². The van der Waals surface area contributed by atoms with Crippen molar-refractivity contribution < 1.29 is 14.3 Å². The number of hydrogen-bond donors (Lipinski definition) is 1. The lowest BCUT2D eigenvalue weighted by molar-refractivity contribution is -0.117. The van der Waals surface area contributed by atoms with Gasteiger partial charge in [-0.05, 0) is 24.1 Å². The molecule has 1 N–H and O–H groups in total. The normalized spacial score (nSPS) is 11.7. The van der Waals surface area contributed by atoms with Crippen LogP contribution in [0.2, 0.25) is 0 Å². The van der Waals surface area contributed by atoms with Gasteiger partial charge in [-0.1, -0.05) is 47.6 Å². The molecule has 0 saturated carbocycles. The molecule has 0 bridgehead atoms. The van der Waals surface area contributed by atoms with Crippen LogP contribution < -0.4 is 5.63 Å². The van der Waals surface area contributed by atoms with E-state index in [-0.39, 0.29) is 40.2 Å². The molecular formula is C19H15N3O4. The third-order valence-corrected chi connectivity index (χ3v) is 4.11. The second-order valence-corrected chi connectivity index (χ2v) is 5.86. The topological polar surface area (TPSA) is 116 Å². The van der Waals surface area contributed by atoms with Gasteiger partial charge in [0, 0.05) is 17.3 Å². The van der Waals surface area contributed by atoms with Crippen LogP contribution in [-0.4, -0.2) is 10.9 Å². The summed E-state index contributed by atoms with van der Waals surface area (Å²) in [5, 5.41) is 14.5. The number of ketones is 1. The summed E-state index contributed by atoms with van der Waals surface area (Å²) in [4.78, 5) is 27.1. The average Bonchev–Trinajstić information content (AvgIpc) is 2.61. The van der Waals surface area contributed by atoms with Crippen molar-refractivity contribution in [3.8, 4) is 5.75 Å². The molecule has 1 heterocycles. The van der Waals surface area contributed by atoms with Gasteiger partial charge in [0.1, 0.15) is 17.1 Å². The number of aromatic hydroxyl groups is 1. The van der Waals surface area contributed by atoms with Crippen molar-refractivity contribution in [3.63, 3.8) is 0 Å². The monoisotopic (exact) mass is 349 g/mol. The van der Waals surface area contributed by atoms with E-state index in [0.717, 1.165) is 0 Å². The van der Waals surface area contributed by atoms with Crippen molar-refractivity contribution in [2.45, 2.75) is 19.3 Å². The van der Waals surface area contributed by atoms with Crippen molar-refractivity contribution >= 4 is 22.4 Å². The first kappa shape index (κ1) is 17.3. The summed E-state index contributed by atoms with van der Waals surface area (Å²) in [6.45, 7) is 1.42. The predicted molar refractivity (Wildman–Crippen MR) is 96.5 cm³/mol. The van der Waals surface area contributed by atoms with Crippen LogP contribution in [0.1, 0.15) is 30.4 Å². The molecule has 0 aliphatic heterocycles. The van der Waals surface area contributed by atoms with Crippen LogP contribution in [0.15, 0.2) is 62.9 Å². The molecule has 130 valence electrons. The molecule has 0 radical (unpaired) electrons. The maximum atomic E-state index is 12.6. The molecule has 7 heteroatoms. The summed E-state index contributed by atoms with van der Waals surface area (Å²) >= 11 is 0. The van der Waals surface area contributed by atoms with Gasteiger partial charge in [0.05, 0.1) is 16.6 Å².